The van der Waals surface area contributed by atoms with E-state index >= 15 is 0 Å². The molecular weight excluding hydrogens is 256 g/mol. The third-order valence-electron chi connectivity index (χ3n) is 4.68. The average Bonchev–Trinajstić information content (AvgIpc) is 2.44. The largest absolute Gasteiger partial charge is 0.271 e. The first kappa shape index (κ1) is 14.8. The summed E-state index contributed by atoms with van der Waals surface area (Å²) in [5.74, 6) is 7.28. The lowest BCUT2D eigenvalue weighted by Crippen LogP contribution is -2.38. The summed E-state index contributed by atoms with van der Waals surface area (Å²) in [5.41, 5.74) is 5.60. The molecule has 0 amide bonds. The van der Waals surface area contributed by atoms with Gasteiger partial charge in [-0.1, -0.05) is 50.3 Å². The molecule has 0 heterocycles. The van der Waals surface area contributed by atoms with Crippen LogP contribution in [-0.4, -0.2) is 0 Å². The number of nitrogens with one attached hydrogen (secondary N) is 1. The predicted molar refractivity (Wildman–Crippen MR) is 82.0 cm³/mol. The zero-order chi connectivity index (χ0) is 13.8. The van der Waals surface area contributed by atoms with Gasteiger partial charge >= 0.3 is 0 Å². The Morgan fingerprint density at radius 2 is 2.11 bits per heavy atom. The summed E-state index contributed by atoms with van der Waals surface area (Å²) in [6.45, 7) is 4.43. The number of aryl methyl sites for hydroxylation is 1. The van der Waals surface area contributed by atoms with Gasteiger partial charge in [0.25, 0.3) is 0 Å². The van der Waals surface area contributed by atoms with Crippen molar-refractivity contribution in [3.63, 3.8) is 0 Å². The van der Waals surface area contributed by atoms with Crippen molar-refractivity contribution >= 4 is 11.6 Å². The molecule has 0 radical (unpaired) electrons. The quantitative estimate of drug-likeness (QED) is 0.635. The molecule has 0 bridgehead atoms. The molecule has 1 aromatic carbocycles. The molecule has 3 N–H and O–H groups in total. The number of nitrogens with two attached hydrogens (primary N) is 1. The number of hydrazine groups is 1. The van der Waals surface area contributed by atoms with Crippen molar-refractivity contribution in [1.29, 1.82) is 0 Å². The van der Waals surface area contributed by atoms with Gasteiger partial charge in [-0.05, 0) is 48.4 Å². The molecule has 1 aliphatic rings. The molecule has 2 nitrogen and oxygen atoms in total. The molecule has 2 rings (SSSR count). The highest BCUT2D eigenvalue weighted by Crippen LogP contribution is 2.41. The van der Waals surface area contributed by atoms with Crippen molar-refractivity contribution in [2.75, 3.05) is 0 Å². The molecule has 0 spiro atoms. The molecule has 106 valence electrons. The van der Waals surface area contributed by atoms with E-state index in [2.05, 4.69) is 31.4 Å². The first-order chi connectivity index (χ1) is 9.17. The molecular formula is C16H25ClN2. The zero-order valence-corrected chi connectivity index (χ0v) is 12.7. The van der Waals surface area contributed by atoms with E-state index in [0.717, 1.165) is 10.9 Å². The fourth-order valence-electron chi connectivity index (χ4n) is 3.57. The summed E-state index contributed by atoms with van der Waals surface area (Å²) >= 11 is 6.16. The highest BCUT2D eigenvalue weighted by atomic mass is 35.5. The second-order valence-corrected chi connectivity index (χ2v) is 6.20. The van der Waals surface area contributed by atoms with Gasteiger partial charge in [-0.2, -0.15) is 0 Å². The Labute approximate surface area is 121 Å². The standard InChI is InChI=1S/C16H25ClN2/c1-3-12-6-4-5-7-14(12)16(19-18)15-10-13(17)9-8-11(15)2/h8-10,12,14,16,19H,3-7,18H2,1-2H3. The SMILES string of the molecule is CCC1CCCCC1C(NN)c1cc(Cl)ccc1C. The Morgan fingerprint density at radius 1 is 1.37 bits per heavy atom. The van der Waals surface area contributed by atoms with Crippen molar-refractivity contribution in [2.24, 2.45) is 17.7 Å². The lowest BCUT2D eigenvalue weighted by atomic mass is 9.72. The maximum Gasteiger partial charge on any atom is 0.0493 e. The van der Waals surface area contributed by atoms with Gasteiger partial charge in [0.1, 0.15) is 0 Å². The minimum absolute atomic E-state index is 0.226. The summed E-state index contributed by atoms with van der Waals surface area (Å²) in [6, 6.07) is 6.34. The zero-order valence-electron chi connectivity index (χ0n) is 12.0. The van der Waals surface area contributed by atoms with Gasteiger partial charge in [0.2, 0.25) is 0 Å². The van der Waals surface area contributed by atoms with E-state index in [0.29, 0.717) is 5.92 Å². The molecule has 3 heteroatoms. The maximum absolute atomic E-state index is 6.16. The summed E-state index contributed by atoms with van der Waals surface area (Å²) in [5, 5.41) is 0.796. The molecule has 0 aliphatic heterocycles. The monoisotopic (exact) mass is 280 g/mol. The lowest BCUT2D eigenvalue weighted by Gasteiger charge is -2.37. The fourth-order valence-corrected chi connectivity index (χ4v) is 3.75. The Bertz CT molecular complexity index is 419. The van der Waals surface area contributed by atoms with Crippen LogP contribution in [0, 0.1) is 18.8 Å². The Balaban J connectivity index is 2.29. The molecule has 3 atom stereocenters. The third-order valence-corrected chi connectivity index (χ3v) is 4.91. The van der Waals surface area contributed by atoms with Crippen LogP contribution in [0.1, 0.15) is 56.2 Å². The van der Waals surface area contributed by atoms with Crippen molar-refractivity contribution < 1.29 is 0 Å². The highest BCUT2D eigenvalue weighted by Gasteiger charge is 2.31. The van der Waals surface area contributed by atoms with E-state index in [1.165, 1.54) is 43.2 Å². The molecule has 3 unspecified atom stereocenters. The minimum Gasteiger partial charge on any atom is -0.271 e. The Kier molecular flexibility index (Phi) is 5.26. The first-order valence-corrected chi connectivity index (χ1v) is 7.77. The van der Waals surface area contributed by atoms with Crippen LogP contribution in [0.15, 0.2) is 18.2 Å². The van der Waals surface area contributed by atoms with E-state index in [1.54, 1.807) is 0 Å². The molecule has 1 saturated carbocycles. The Hall–Kier alpha value is -0.570. The van der Waals surface area contributed by atoms with Crippen LogP contribution in [0.2, 0.25) is 5.02 Å². The van der Waals surface area contributed by atoms with E-state index < -0.39 is 0 Å². The van der Waals surface area contributed by atoms with Gasteiger partial charge < -0.3 is 0 Å². The third kappa shape index (κ3) is 3.31. The number of halogens is 1. The van der Waals surface area contributed by atoms with Crippen LogP contribution in [0.3, 0.4) is 0 Å². The van der Waals surface area contributed by atoms with E-state index in [-0.39, 0.29) is 6.04 Å². The highest BCUT2D eigenvalue weighted by molar-refractivity contribution is 6.30. The van der Waals surface area contributed by atoms with Crippen LogP contribution in [0.4, 0.5) is 0 Å². The Morgan fingerprint density at radius 3 is 2.79 bits per heavy atom. The van der Waals surface area contributed by atoms with Crippen LogP contribution in [-0.2, 0) is 0 Å². The van der Waals surface area contributed by atoms with Gasteiger partial charge in [0, 0.05) is 11.1 Å². The first-order valence-electron chi connectivity index (χ1n) is 7.39. The molecule has 1 fully saturated rings. The second-order valence-electron chi connectivity index (χ2n) is 5.76. The van der Waals surface area contributed by atoms with Gasteiger partial charge in [-0.15, -0.1) is 0 Å². The topological polar surface area (TPSA) is 38.0 Å². The molecule has 1 aliphatic carbocycles. The fraction of sp³-hybridized carbons (Fsp3) is 0.625. The smallest absolute Gasteiger partial charge is 0.0493 e. The minimum atomic E-state index is 0.226. The van der Waals surface area contributed by atoms with Crippen molar-refractivity contribution in [3.8, 4) is 0 Å². The lowest BCUT2D eigenvalue weighted by molar-refractivity contribution is 0.175. The molecule has 1 aromatic rings. The summed E-state index contributed by atoms with van der Waals surface area (Å²) in [7, 11) is 0. The summed E-state index contributed by atoms with van der Waals surface area (Å²) in [4.78, 5) is 0. The average molecular weight is 281 g/mol. The summed E-state index contributed by atoms with van der Waals surface area (Å²) < 4.78 is 0. The number of hydrogen-bond donors (Lipinski definition) is 2. The van der Waals surface area contributed by atoms with E-state index in [1.807, 2.05) is 6.07 Å². The number of benzene rings is 1. The van der Waals surface area contributed by atoms with Crippen LogP contribution < -0.4 is 11.3 Å². The normalized spacial score (nSPS) is 25.3. The van der Waals surface area contributed by atoms with Gasteiger partial charge in [-0.3, -0.25) is 11.3 Å². The second kappa shape index (κ2) is 6.74. The van der Waals surface area contributed by atoms with Gasteiger partial charge in [0.15, 0.2) is 0 Å². The molecule has 0 saturated heterocycles. The van der Waals surface area contributed by atoms with Gasteiger partial charge in [0.05, 0.1) is 0 Å². The molecule has 19 heavy (non-hydrogen) atoms. The van der Waals surface area contributed by atoms with Crippen LogP contribution >= 0.6 is 11.6 Å². The number of rotatable bonds is 4. The van der Waals surface area contributed by atoms with Crippen molar-refractivity contribution in [2.45, 2.75) is 52.0 Å². The predicted octanol–water partition coefficient (Wildman–Crippen LogP) is 4.37. The van der Waals surface area contributed by atoms with Gasteiger partial charge in [-0.25, -0.2) is 0 Å². The summed E-state index contributed by atoms with van der Waals surface area (Å²) in [6.07, 6.45) is 6.51. The van der Waals surface area contributed by atoms with E-state index in [9.17, 15) is 0 Å². The van der Waals surface area contributed by atoms with Crippen molar-refractivity contribution in [1.82, 2.24) is 5.43 Å². The maximum atomic E-state index is 6.16. The number of hydrogen-bond acceptors (Lipinski definition) is 2. The molecule has 0 aromatic heterocycles. The van der Waals surface area contributed by atoms with Crippen molar-refractivity contribution in [3.05, 3.63) is 34.3 Å². The van der Waals surface area contributed by atoms with Crippen LogP contribution in [0.25, 0.3) is 0 Å². The van der Waals surface area contributed by atoms with Crippen LogP contribution in [0.5, 0.6) is 0 Å². The van der Waals surface area contributed by atoms with E-state index in [4.69, 9.17) is 17.4 Å².